The third-order valence-corrected chi connectivity index (χ3v) is 6.18. The van der Waals surface area contributed by atoms with Gasteiger partial charge in [-0.25, -0.2) is 13.4 Å². The molecule has 2 heterocycles. The molecule has 1 unspecified atom stereocenters. The van der Waals surface area contributed by atoms with Crippen LogP contribution in [0.3, 0.4) is 0 Å². The van der Waals surface area contributed by atoms with Crippen molar-refractivity contribution in [1.29, 1.82) is 5.26 Å². The first-order chi connectivity index (χ1) is 13.3. The van der Waals surface area contributed by atoms with E-state index in [1.54, 1.807) is 25.2 Å². The zero-order valence-electron chi connectivity index (χ0n) is 16.5. The predicted octanol–water partition coefficient (Wildman–Crippen LogP) is 3.46. The van der Waals surface area contributed by atoms with Gasteiger partial charge in [-0.15, -0.1) is 0 Å². The summed E-state index contributed by atoms with van der Waals surface area (Å²) in [5.41, 5.74) is 3.67. The number of imidazole rings is 1. The van der Waals surface area contributed by atoms with E-state index in [1.165, 1.54) is 0 Å². The van der Waals surface area contributed by atoms with Crippen LogP contribution in [-0.2, 0) is 9.84 Å². The van der Waals surface area contributed by atoms with Crippen LogP contribution in [-0.4, -0.2) is 35.9 Å². The summed E-state index contributed by atoms with van der Waals surface area (Å²) in [5, 5.41) is 12.3. The summed E-state index contributed by atoms with van der Waals surface area (Å²) >= 11 is 0. The average Bonchev–Trinajstić information content (AvgIpc) is 3.08. The Balaban J connectivity index is 2.34. The van der Waals surface area contributed by atoms with Gasteiger partial charge in [0.1, 0.15) is 5.65 Å². The summed E-state index contributed by atoms with van der Waals surface area (Å²) in [4.78, 5) is 4.71. The van der Waals surface area contributed by atoms with Crippen LogP contribution in [0.15, 0.2) is 54.8 Å². The summed E-state index contributed by atoms with van der Waals surface area (Å²) in [7, 11) is -3.03. The minimum atomic E-state index is -3.03. The van der Waals surface area contributed by atoms with Crippen LogP contribution in [0, 0.1) is 11.3 Å². The summed E-state index contributed by atoms with van der Waals surface area (Å²) in [6.07, 6.45) is 7.17. The molecule has 0 fully saturated rings. The Morgan fingerprint density at radius 1 is 1.43 bits per heavy atom. The summed E-state index contributed by atoms with van der Waals surface area (Å²) in [6, 6.07) is 7.69. The lowest BCUT2D eigenvalue weighted by Crippen LogP contribution is -2.27. The molecule has 0 spiro atoms. The SMILES string of the molecule is C=C(/C=C\C(C#N)=C/C)c1c(C(C)NCCS(=O)(=O)CC)nc2ccccn12. The van der Waals surface area contributed by atoms with Crippen LogP contribution in [0.2, 0.25) is 0 Å². The fourth-order valence-electron chi connectivity index (χ4n) is 2.77. The van der Waals surface area contributed by atoms with Gasteiger partial charge < -0.3 is 5.32 Å². The Morgan fingerprint density at radius 2 is 2.18 bits per heavy atom. The maximum Gasteiger partial charge on any atom is 0.151 e. The lowest BCUT2D eigenvalue weighted by molar-refractivity contribution is 0.566. The van der Waals surface area contributed by atoms with E-state index in [2.05, 4.69) is 18.0 Å². The van der Waals surface area contributed by atoms with E-state index in [-0.39, 0.29) is 17.5 Å². The van der Waals surface area contributed by atoms with Crippen molar-refractivity contribution in [1.82, 2.24) is 14.7 Å². The van der Waals surface area contributed by atoms with Gasteiger partial charge in [0.25, 0.3) is 0 Å². The maximum atomic E-state index is 11.7. The van der Waals surface area contributed by atoms with Gasteiger partial charge in [0, 0.05) is 30.1 Å². The van der Waals surface area contributed by atoms with Gasteiger partial charge >= 0.3 is 0 Å². The van der Waals surface area contributed by atoms with Gasteiger partial charge in [-0.05, 0) is 37.6 Å². The monoisotopic (exact) mass is 398 g/mol. The molecule has 0 aliphatic rings. The largest absolute Gasteiger partial charge is 0.308 e. The van der Waals surface area contributed by atoms with E-state index in [0.29, 0.717) is 12.1 Å². The third kappa shape index (κ3) is 5.18. The van der Waals surface area contributed by atoms with Crippen LogP contribution in [0.5, 0.6) is 0 Å². The lowest BCUT2D eigenvalue weighted by Gasteiger charge is -2.14. The van der Waals surface area contributed by atoms with Crippen molar-refractivity contribution in [3.8, 4) is 6.07 Å². The van der Waals surface area contributed by atoms with Crippen LogP contribution in [0.4, 0.5) is 0 Å². The van der Waals surface area contributed by atoms with Crippen molar-refractivity contribution in [3.63, 3.8) is 0 Å². The standard InChI is InChI=1S/C21H26N4O2S/c1-5-18(15-22)11-10-16(3)21-20(24-19-9-7-8-13-25(19)21)17(4)23-12-14-28(26,27)6-2/h5,7-11,13,17,23H,3,6,12,14H2,1-2,4H3/b11-10-,18-5+. The number of nitrogens with zero attached hydrogens (tertiary/aromatic N) is 3. The Kier molecular flexibility index (Phi) is 7.32. The smallest absolute Gasteiger partial charge is 0.151 e. The zero-order valence-corrected chi connectivity index (χ0v) is 17.3. The molecule has 2 aromatic rings. The van der Waals surface area contributed by atoms with Crippen molar-refractivity contribution in [2.24, 2.45) is 0 Å². The molecule has 1 atom stereocenters. The molecule has 0 aromatic carbocycles. The van der Waals surface area contributed by atoms with Gasteiger partial charge in [0.2, 0.25) is 0 Å². The fraction of sp³-hybridized carbons (Fsp3) is 0.333. The quantitative estimate of drug-likeness (QED) is 0.516. The first kappa shape index (κ1) is 21.6. The molecule has 148 valence electrons. The van der Waals surface area contributed by atoms with Crippen LogP contribution in [0.25, 0.3) is 11.2 Å². The molecule has 0 radical (unpaired) electrons. The summed E-state index contributed by atoms with van der Waals surface area (Å²) in [6.45, 7) is 9.91. The number of fused-ring (bicyclic) bond motifs is 1. The number of nitrogens with one attached hydrogen (secondary N) is 1. The minimum Gasteiger partial charge on any atom is -0.308 e. The van der Waals surface area contributed by atoms with Crippen LogP contribution >= 0.6 is 0 Å². The summed E-state index contributed by atoms with van der Waals surface area (Å²) in [5.74, 6) is 0.223. The first-order valence-corrected chi connectivity index (χ1v) is 11.0. The highest BCUT2D eigenvalue weighted by molar-refractivity contribution is 7.91. The molecule has 0 bridgehead atoms. The number of pyridine rings is 1. The maximum absolute atomic E-state index is 11.7. The lowest BCUT2D eigenvalue weighted by atomic mass is 10.1. The van der Waals surface area contributed by atoms with E-state index in [0.717, 1.165) is 22.6 Å². The molecule has 7 heteroatoms. The van der Waals surface area contributed by atoms with Crippen LogP contribution in [0.1, 0.15) is 38.2 Å². The number of hydrogen-bond donors (Lipinski definition) is 1. The molecule has 2 aromatic heterocycles. The third-order valence-electron chi connectivity index (χ3n) is 4.48. The second kappa shape index (κ2) is 9.49. The molecule has 1 N–H and O–H groups in total. The van der Waals surface area contributed by atoms with E-state index in [1.807, 2.05) is 42.6 Å². The van der Waals surface area contributed by atoms with Crippen molar-refractivity contribution in [2.75, 3.05) is 18.1 Å². The highest BCUT2D eigenvalue weighted by Crippen LogP contribution is 2.26. The Morgan fingerprint density at radius 3 is 2.82 bits per heavy atom. The molecule has 0 aliphatic heterocycles. The molecule has 0 aliphatic carbocycles. The Labute approximate surface area is 166 Å². The second-order valence-electron chi connectivity index (χ2n) is 6.40. The molecule has 0 saturated heterocycles. The van der Waals surface area contributed by atoms with Crippen molar-refractivity contribution in [2.45, 2.75) is 26.8 Å². The number of aromatic nitrogens is 2. The normalized spacial score (nSPS) is 13.7. The number of allylic oxidation sites excluding steroid dienone is 5. The van der Waals surface area contributed by atoms with Gasteiger partial charge in [-0.3, -0.25) is 4.40 Å². The highest BCUT2D eigenvalue weighted by atomic mass is 32.2. The molecular formula is C21H26N4O2S. The highest BCUT2D eigenvalue weighted by Gasteiger charge is 2.19. The number of nitriles is 1. The molecular weight excluding hydrogens is 372 g/mol. The predicted molar refractivity (Wildman–Crippen MR) is 113 cm³/mol. The van der Waals surface area contributed by atoms with E-state index in [4.69, 9.17) is 10.2 Å². The molecule has 2 rings (SSSR count). The van der Waals surface area contributed by atoms with E-state index < -0.39 is 9.84 Å². The Bertz CT molecular complexity index is 1060. The van der Waals surface area contributed by atoms with Gasteiger partial charge in [-0.1, -0.05) is 31.7 Å². The average molecular weight is 399 g/mol. The van der Waals surface area contributed by atoms with Crippen molar-refractivity contribution in [3.05, 3.63) is 66.2 Å². The zero-order chi connectivity index (χ0) is 20.7. The van der Waals surface area contributed by atoms with Crippen molar-refractivity contribution >= 4 is 21.1 Å². The van der Waals surface area contributed by atoms with Crippen LogP contribution < -0.4 is 5.32 Å². The minimum absolute atomic E-state index is 0.0875. The number of rotatable bonds is 9. The van der Waals surface area contributed by atoms with Gasteiger partial charge in [-0.2, -0.15) is 5.26 Å². The molecule has 0 saturated carbocycles. The van der Waals surface area contributed by atoms with Gasteiger partial charge in [0.15, 0.2) is 9.84 Å². The topological polar surface area (TPSA) is 87.3 Å². The van der Waals surface area contributed by atoms with E-state index in [9.17, 15) is 8.42 Å². The van der Waals surface area contributed by atoms with Gasteiger partial charge in [0.05, 0.1) is 23.2 Å². The molecule has 6 nitrogen and oxygen atoms in total. The Hall–Kier alpha value is -2.69. The second-order valence-corrected chi connectivity index (χ2v) is 8.87. The first-order valence-electron chi connectivity index (χ1n) is 9.17. The number of hydrogen-bond acceptors (Lipinski definition) is 5. The molecule has 0 amide bonds. The fourth-order valence-corrected chi connectivity index (χ4v) is 3.49. The van der Waals surface area contributed by atoms with E-state index >= 15 is 0 Å². The van der Waals surface area contributed by atoms with Crippen molar-refractivity contribution < 1.29 is 8.42 Å². The summed E-state index contributed by atoms with van der Waals surface area (Å²) < 4.78 is 25.4. The molecule has 28 heavy (non-hydrogen) atoms. The number of sulfone groups is 1.